The van der Waals surface area contributed by atoms with Crippen LogP contribution >= 0.6 is 0 Å². The molecule has 0 spiro atoms. The van der Waals surface area contributed by atoms with Crippen LogP contribution in [0.4, 0.5) is 0 Å². The van der Waals surface area contributed by atoms with Crippen LogP contribution < -0.4 is 0 Å². The van der Waals surface area contributed by atoms with E-state index >= 15 is 0 Å². The second kappa shape index (κ2) is 7.77. The van der Waals surface area contributed by atoms with Gasteiger partial charge < -0.3 is 9.63 Å². The molecular formula is C16H28N2O2. The van der Waals surface area contributed by atoms with Crippen molar-refractivity contribution < 1.29 is 9.63 Å². The second-order valence-corrected chi connectivity index (χ2v) is 6.20. The first kappa shape index (κ1) is 15.5. The Kier molecular flexibility index (Phi) is 6.02. The molecule has 0 saturated heterocycles. The Morgan fingerprint density at radius 2 is 1.95 bits per heavy atom. The van der Waals surface area contributed by atoms with Crippen LogP contribution in [0.1, 0.15) is 82.8 Å². The fraction of sp³-hybridized carbons (Fsp3) is 0.875. The molecule has 1 aromatic heterocycles. The van der Waals surface area contributed by atoms with E-state index in [4.69, 9.17) is 4.52 Å². The van der Waals surface area contributed by atoms with Crippen molar-refractivity contribution >= 4 is 0 Å². The Hall–Kier alpha value is -0.900. The number of hydrogen-bond donors (Lipinski definition) is 1. The first-order chi connectivity index (χ1) is 9.72. The van der Waals surface area contributed by atoms with E-state index in [1.54, 1.807) is 0 Å². The van der Waals surface area contributed by atoms with Gasteiger partial charge >= 0.3 is 0 Å². The van der Waals surface area contributed by atoms with Crippen LogP contribution in [-0.4, -0.2) is 21.4 Å². The lowest BCUT2D eigenvalue weighted by molar-refractivity contribution is 0.151. The molecule has 1 fully saturated rings. The molecule has 1 atom stereocenters. The molecule has 20 heavy (non-hydrogen) atoms. The number of aliphatic hydroxyl groups excluding tert-OH is 1. The minimum atomic E-state index is -0.353. The van der Waals surface area contributed by atoms with Crippen molar-refractivity contribution in [2.45, 2.75) is 83.7 Å². The molecule has 1 unspecified atom stereocenters. The van der Waals surface area contributed by atoms with Gasteiger partial charge in [0.15, 0.2) is 5.82 Å². The van der Waals surface area contributed by atoms with Crippen LogP contribution in [0.25, 0.3) is 0 Å². The van der Waals surface area contributed by atoms with Crippen molar-refractivity contribution in [1.29, 1.82) is 0 Å². The van der Waals surface area contributed by atoms with Crippen LogP contribution in [0.3, 0.4) is 0 Å². The van der Waals surface area contributed by atoms with Gasteiger partial charge in [0, 0.05) is 5.92 Å². The largest absolute Gasteiger partial charge is 0.393 e. The zero-order chi connectivity index (χ0) is 14.4. The van der Waals surface area contributed by atoms with E-state index in [1.807, 2.05) is 0 Å². The Balaban J connectivity index is 1.83. The molecule has 0 radical (unpaired) electrons. The molecule has 1 aliphatic carbocycles. The molecular weight excluding hydrogens is 252 g/mol. The fourth-order valence-corrected chi connectivity index (χ4v) is 3.27. The quantitative estimate of drug-likeness (QED) is 0.824. The molecule has 1 N–H and O–H groups in total. The summed E-state index contributed by atoms with van der Waals surface area (Å²) in [6.45, 7) is 4.33. The molecule has 0 aliphatic heterocycles. The Morgan fingerprint density at radius 1 is 1.20 bits per heavy atom. The van der Waals surface area contributed by atoms with Gasteiger partial charge in [-0.2, -0.15) is 4.98 Å². The highest BCUT2D eigenvalue weighted by molar-refractivity contribution is 4.98. The summed E-state index contributed by atoms with van der Waals surface area (Å²) >= 11 is 0. The summed E-state index contributed by atoms with van der Waals surface area (Å²) < 4.78 is 5.29. The smallest absolute Gasteiger partial charge is 0.229 e. The van der Waals surface area contributed by atoms with Crippen LogP contribution in [0, 0.1) is 5.92 Å². The summed E-state index contributed by atoms with van der Waals surface area (Å²) in [5.74, 6) is 2.81. The molecule has 0 amide bonds. The predicted octanol–water partition coefficient (Wildman–Crippen LogP) is 3.85. The third-order valence-corrected chi connectivity index (χ3v) is 4.42. The van der Waals surface area contributed by atoms with Crippen LogP contribution in [0.5, 0.6) is 0 Å². The molecule has 4 heteroatoms. The zero-order valence-corrected chi connectivity index (χ0v) is 12.8. The Bertz CT molecular complexity index is 384. The zero-order valence-electron chi connectivity index (χ0n) is 12.8. The van der Waals surface area contributed by atoms with Crippen molar-refractivity contribution in [3.63, 3.8) is 0 Å². The summed E-state index contributed by atoms with van der Waals surface area (Å²) in [6.07, 6.45) is 9.50. The molecule has 0 bridgehead atoms. The maximum absolute atomic E-state index is 9.79. The van der Waals surface area contributed by atoms with Gasteiger partial charge in [-0.15, -0.1) is 0 Å². The number of hydrogen-bond acceptors (Lipinski definition) is 4. The van der Waals surface area contributed by atoms with Crippen molar-refractivity contribution in [2.75, 3.05) is 0 Å². The van der Waals surface area contributed by atoms with Gasteiger partial charge in [-0.1, -0.05) is 38.3 Å². The lowest BCUT2D eigenvalue weighted by atomic mass is 9.80. The molecule has 0 aromatic carbocycles. The van der Waals surface area contributed by atoms with Crippen molar-refractivity contribution in [1.82, 2.24) is 10.1 Å². The van der Waals surface area contributed by atoms with Crippen LogP contribution in [-0.2, 0) is 6.42 Å². The summed E-state index contributed by atoms with van der Waals surface area (Å²) in [7, 11) is 0. The molecule has 1 heterocycles. The van der Waals surface area contributed by atoms with Crippen molar-refractivity contribution in [3.05, 3.63) is 11.7 Å². The highest BCUT2D eigenvalue weighted by Crippen LogP contribution is 2.36. The minimum absolute atomic E-state index is 0.353. The third-order valence-electron chi connectivity index (χ3n) is 4.42. The highest BCUT2D eigenvalue weighted by atomic mass is 16.5. The minimum Gasteiger partial charge on any atom is -0.393 e. The maximum Gasteiger partial charge on any atom is 0.229 e. The number of nitrogens with zero attached hydrogens (tertiary/aromatic N) is 2. The third kappa shape index (κ3) is 4.30. The van der Waals surface area contributed by atoms with E-state index in [2.05, 4.69) is 24.0 Å². The van der Waals surface area contributed by atoms with Gasteiger partial charge in [0.25, 0.3) is 0 Å². The van der Waals surface area contributed by atoms with Gasteiger partial charge in [-0.25, -0.2) is 0 Å². The van der Waals surface area contributed by atoms with E-state index in [0.717, 1.165) is 24.6 Å². The molecule has 1 saturated carbocycles. The predicted molar refractivity (Wildman–Crippen MR) is 78.5 cm³/mol. The summed E-state index contributed by atoms with van der Waals surface area (Å²) in [5.41, 5.74) is 0. The first-order valence-electron chi connectivity index (χ1n) is 8.23. The molecule has 114 valence electrons. The Morgan fingerprint density at radius 3 is 2.60 bits per heavy atom. The normalized spacial score (nSPS) is 24.8. The van der Waals surface area contributed by atoms with E-state index in [9.17, 15) is 5.11 Å². The summed E-state index contributed by atoms with van der Waals surface area (Å²) in [4.78, 5) is 4.49. The van der Waals surface area contributed by atoms with E-state index in [0.29, 0.717) is 18.2 Å². The summed E-state index contributed by atoms with van der Waals surface area (Å²) in [6, 6.07) is 0. The number of aliphatic hydroxyl groups is 1. The first-order valence-corrected chi connectivity index (χ1v) is 8.23. The fourth-order valence-electron chi connectivity index (χ4n) is 3.27. The van der Waals surface area contributed by atoms with Crippen LogP contribution in [0.15, 0.2) is 4.52 Å². The summed E-state index contributed by atoms with van der Waals surface area (Å²) in [5, 5.41) is 13.9. The van der Waals surface area contributed by atoms with E-state index < -0.39 is 0 Å². The monoisotopic (exact) mass is 280 g/mol. The molecule has 2 rings (SSSR count). The lowest BCUT2D eigenvalue weighted by Gasteiger charge is -2.26. The van der Waals surface area contributed by atoms with Gasteiger partial charge in [-0.3, -0.25) is 0 Å². The topological polar surface area (TPSA) is 59.2 Å². The second-order valence-electron chi connectivity index (χ2n) is 6.20. The van der Waals surface area contributed by atoms with E-state index in [-0.39, 0.29) is 6.10 Å². The van der Waals surface area contributed by atoms with Gasteiger partial charge in [0.2, 0.25) is 5.89 Å². The highest BCUT2D eigenvalue weighted by Gasteiger charge is 2.25. The van der Waals surface area contributed by atoms with Crippen molar-refractivity contribution in [3.8, 4) is 0 Å². The van der Waals surface area contributed by atoms with Crippen LogP contribution in [0.2, 0.25) is 0 Å². The lowest BCUT2D eigenvalue weighted by Crippen LogP contribution is -2.14. The van der Waals surface area contributed by atoms with Gasteiger partial charge in [0.1, 0.15) is 0 Å². The SMILES string of the molecule is CCCC(O)Cc1nc(C2CCC(CCC)CC2)no1. The average Bonchev–Trinajstić information content (AvgIpc) is 2.88. The van der Waals surface area contributed by atoms with Gasteiger partial charge in [0.05, 0.1) is 12.5 Å². The molecule has 4 nitrogen and oxygen atoms in total. The Labute approximate surface area is 122 Å². The number of rotatable bonds is 7. The maximum atomic E-state index is 9.79. The average molecular weight is 280 g/mol. The standard InChI is InChI=1S/C16H28N2O2/c1-3-5-12-7-9-13(10-8-12)16-17-15(20-18-16)11-14(19)6-4-2/h12-14,19H,3-11H2,1-2H3. The van der Waals surface area contributed by atoms with Gasteiger partial charge in [-0.05, 0) is 38.0 Å². The number of aromatic nitrogens is 2. The molecule has 1 aliphatic rings. The molecule has 1 aromatic rings. The van der Waals surface area contributed by atoms with E-state index in [1.165, 1.54) is 38.5 Å². The van der Waals surface area contributed by atoms with Crippen molar-refractivity contribution in [2.24, 2.45) is 5.92 Å².